The molecule has 2 aromatic rings. The third-order valence-corrected chi connectivity index (χ3v) is 2.95. The minimum atomic E-state index is -0.569. The highest BCUT2D eigenvalue weighted by molar-refractivity contribution is 6.35. The lowest BCUT2D eigenvalue weighted by atomic mass is 10.3. The molecule has 2 rings (SSSR count). The molecule has 2 aromatic heterocycles. The summed E-state index contributed by atoms with van der Waals surface area (Å²) < 4.78 is 2.86. The summed E-state index contributed by atoms with van der Waals surface area (Å²) in [7, 11) is 1.62. The molecule has 17 heavy (non-hydrogen) atoms. The molecule has 0 bridgehead atoms. The first kappa shape index (κ1) is 11.7. The van der Waals surface area contributed by atoms with Crippen molar-refractivity contribution in [1.29, 1.82) is 0 Å². The molecule has 0 unspecified atom stereocenters. The highest BCUT2D eigenvalue weighted by atomic mass is 35.5. The van der Waals surface area contributed by atoms with Gasteiger partial charge in [0.2, 0.25) is 0 Å². The van der Waals surface area contributed by atoms with Crippen LogP contribution in [0.4, 0.5) is 5.69 Å². The van der Waals surface area contributed by atoms with E-state index < -0.39 is 4.92 Å². The third-order valence-electron chi connectivity index (χ3n) is 2.67. The lowest BCUT2D eigenvalue weighted by molar-refractivity contribution is -0.383. The van der Waals surface area contributed by atoms with E-state index in [2.05, 4.69) is 0 Å². The summed E-state index contributed by atoms with van der Waals surface area (Å²) in [4.78, 5) is 22.4. The Bertz CT molecular complexity index is 671. The van der Waals surface area contributed by atoms with Crippen molar-refractivity contribution in [2.45, 2.75) is 13.5 Å². The van der Waals surface area contributed by atoms with Crippen molar-refractivity contribution in [2.75, 3.05) is 0 Å². The fraction of sp³-hybridized carbons (Fsp3) is 0.300. The Morgan fingerprint density at radius 3 is 2.65 bits per heavy atom. The van der Waals surface area contributed by atoms with Crippen molar-refractivity contribution in [3.05, 3.63) is 37.9 Å². The Morgan fingerprint density at radius 1 is 1.47 bits per heavy atom. The Labute approximate surface area is 101 Å². The molecule has 0 N–H and O–H groups in total. The largest absolute Gasteiger partial charge is 0.343 e. The summed E-state index contributed by atoms with van der Waals surface area (Å²) in [6.45, 7) is 2.19. The van der Waals surface area contributed by atoms with Gasteiger partial charge in [0.05, 0.1) is 21.7 Å². The number of aryl methyl sites for hydroxylation is 2. The number of pyridine rings is 1. The molecule has 0 saturated carbocycles. The van der Waals surface area contributed by atoms with E-state index in [1.165, 1.54) is 21.5 Å². The second-order valence-corrected chi connectivity index (χ2v) is 4.08. The summed E-state index contributed by atoms with van der Waals surface area (Å²) in [6, 6.07) is 0. The Balaban J connectivity index is 3.04. The summed E-state index contributed by atoms with van der Waals surface area (Å²) >= 11 is 6.03. The standard InChI is InChI=1S/C10H10ClN3O3/c1-3-13-4-6(11)9-8(10(13)15)7(14(16)17)5-12(9)2/h4-5H,3H2,1-2H3. The number of hydrogen-bond donors (Lipinski definition) is 0. The van der Waals surface area contributed by atoms with E-state index in [9.17, 15) is 14.9 Å². The maximum atomic E-state index is 12.0. The Kier molecular flexibility index (Phi) is 2.66. The molecule has 0 aromatic carbocycles. The van der Waals surface area contributed by atoms with Crippen molar-refractivity contribution >= 4 is 28.2 Å². The number of nitrogens with zero attached hydrogens (tertiary/aromatic N) is 3. The number of hydrogen-bond acceptors (Lipinski definition) is 3. The number of rotatable bonds is 2. The quantitative estimate of drug-likeness (QED) is 0.608. The van der Waals surface area contributed by atoms with Crippen molar-refractivity contribution in [1.82, 2.24) is 9.13 Å². The molecular formula is C10H10ClN3O3. The summed E-state index contributed by atoms with van der Waals surface area (Å²) in [5, 5.41) is 11.3. The molecule has 0 aliphatic carbocycles. The van der Waals surface area contributed by atoms with Crippen LogP contribution in [0.1, 0.15) is 6.92 Å². The molecule has 90 valence electrons. The minimum Gasteiger partial charge on any atom is -0.343 e. The van der Waals surface area contributed by atoms with Gasteiger partial charge in [0.15, 0.2) is 0 Å². The number of aromatic nitrogens is 2. The lowest BCUT2D eigenvalue weighted by Gasteiger charge is -2.04. The Hall–Kier alpha value is -1.82. The van der Waals surface area contributed by atoms with Crippen LogP contribution in [0.2, 0.25) is 5.02 Å². The van der Waals surface area contributed by atoms with Crippen molar-refractivity contribution in [2.24, 2.45) is 7.05 Å². The molecule has 0 aliphatic heterocycles. The Morgan fingerprint density at radius 2 is 2.12 bits per heavy atom. The van der Waals surface area contributed by atoms with Gasteiger partial charge in [0, 0.05) is 19.8 Å². The predicted octanol–water partition coefficient (Wildman–Crippen LogP) is 1.92. The van der Waals surface area contributed by atoms with E-state index in [1.807, 2.05) is 0 Å². The third kappa shape index (κ3) is 1.61. The van der Waals surface area contributed by atoms with Gasteiger partial charge in [-0.3, -0.25) is 14.9 Å². The highest BCUT2D eigenvalue weighted by Gasteiger charge is 2.22. The number of halogens is 1. The normalized spacial score (nSPS) is 11.0. The molecule has 0 amide bonds. The first-order valence-corrected chi connectivity index (χ1v) is 5.37. The second-order valence-electron chi connectivity index (χ2n) is 3.67. The van der Waals surface area contributed by atoms with Crippen LogP contribution in [0.15, 0.2) is 17.2 Å². The van der Waals surface area contributed by atoms with Crippen molar-refractivity contribution in [3.8, 4) is 0 Å². The van der Waals surface area contributed by atoms with Crippen LogP contribution >= 0.6 is 11.6 Å². The fourth-order valence-corrected chi connectivity index (χ4v) is 2.23. The van der Waals surface area contributed by atoms with E-state index in [1.54, 1.807) is 14.0 Å². The smallest absolute Gasteiger partial charge is 0.300 e. The molecule has 0 saturated heterocycles. The SMILES string of the molecule is CCn1cc(Cl)c2c(c([N+](=O)[O-])cn2C)c1=O. The predicted molar refractivity (Wildman–Crippen MR) is 64.5 cm³/mol. The van der Waals surface area contributed by atoms with Gasteiger partial charge in [0.25, 0.3) is 11.2 Å². The van der Waals surface area contributed by atoms with E-state index in [-0.39, 0.29) is 16.6 Å². The van der Waals surface area contributed by atoms with Crippen LogP contribution in [0.25, 0.3) is 10.9 Å². The van der Waals surface area contributed by atoms with E-state index in [0.717, 1.165) is 0 Å². The van der Waals surface area contributed by atoms with Crippen LogP contribution < -0.4 is 5.56 Å². The fourth-order valence-electron chi connectivity index (χ4n) is 1.88. The van der Waals surface area contributed by atoms with Crippen molar-refractivity contribution in [3.63, 3.8) is 0 Å². The molecule has 6 nitrogen and oxygen atoms in total. The van der Waals surface area contributed by atoms with Gasteiger partial charge < -0.3 is 9.13 Å². The minimum absolute atomic E-state index is 0.0619. The first-order chi connectivity index (χ1) is 7.97. The van der Waals surface area contributed by atoms with Crippen LogP contribution in [0.3, 0.4) is 0 Å². The van der Waals surface area contributed by atoms with Gasteiger partial charge >= 0.3 is 0 Å². The van der Waals surface area contributed by atoms with Crippen LogP contribution in [-0.4, -0.2) is 14.1 Å². The van der Waals surface area contributed by atoms with Gasteiger partial charge in [-0.15, -0.1) is 0 Å². The average Bonchev–Trinajstić information content (AvgIpc) is 2.62. The maximum absolute atomic E-state index is 12.0. The van der Waals surface area contributed by atoms with Gasteiger partial charge in [0.1, 0.15) is 5.39 Å². The van der Waals surface area contributed by atoms with Crippen LogP contribution in [-0.2, 0) is 13.6 Å². The molecule has 2 heterocycles. The van der Waals surface area contributed by atoms with Crippen LogP contribution in [0, 0.1) is 10.1 Å². The molecule has 0 spiro atoms. The van der Waals surface area contributed by atoms with Gasteiger partial charge in [-0.1, -0.05) is 11.6 Å². The molecule has 0 radical (unpaired) electrons. The summed E-state index contributed by atoms with van der Waals surface area (Å²) in [6.07, 6.45) is 2.80. The highest BCUT2D eigenvalue weighted by Crippen LogP contribution is 2.29. The molecule has 0 fully saturated rings. The first-order valence-electron chi connectivity index (χ1n) is 4.99. The molecule has 0 atom stereocenters. The van der Waals surface area contributed by atoms with Gasteiger partial charge in [-0.25, -0.2) is 0 Å². The summed E-state index contributed by atoms with van der Waals surface area (Å²) in [5.74, 6) is 0. The average molecular weight is 256 g/mol. The van der Waals surface area contributed by atoms with Gasteiger partial charge in [-0.2, -0.15) is 0 Å². The topological polar surface area (TPSA) is 70.1 Å². The number of nitro groups is 1. The zero-order valence-corrected chi connectivity index (χ0v) is 10.1. The zero-order chi connectivity index (χ0) is 12.7. The second kappa shape index (κ2) is 3.89. The summed E-state index contributed by atoms with van der Waals surface area (Å²) in [5.41, 5.74) is -0.204. The molecule has 0 aliphatic rings. The van der Waals surface area contributed by atoms with E-state index in [4.69, 9.17) is 11.6 Å². The number of fused-ring (bicyclic) bond motifs is 1. The van der Waals surface area contributed by atoms with Crippen molar-refractivity contribution < 1.29 is 4.92 Å². The molecule has 7 heteroatoms. The van der Waals surface area contributed by atoms with E-state index in [0.29, 0.717) is 17.1 Å². The van der Waals surface area contributed by atoms with E-state index >= 15 is 0 Å². The maximum Gasteiger partial charge on any atom is 0.300 e. The molecular weight excluding hydrogens is 246 g/mol. The lowest BCUT2D eigenvalue weighted by Crippen LogP contribution is -2.19. The zero-order valence-electron chi connectivity index (χ0n) is 9.31. The monoisotopic (exact) mass is 255 g/mol. The van der Waals surface area contributed by atoms with Crippen LogP contribution in [0.5, 0.6) is 0 Å². The van der Waals surface area contributed by atoms with Gasteiger partial charge in [-0.05, 0) is 6.92 Å².